The fourth-order valence-electron chi connectivity index (χ4n) is 1.69. The molecule has 0 aromatic carbocycles. The molecule has 0 fully saturated rings. The van der Waals surface area contributed by atoms with Crippen LogP contribution < -0.4 is 10.0 Å². The molecule has 1 heterocycles. The first-order valence-corrected chi connectivity index (χ1v) is 8.49. The maximum atomic E-state index is 12.2. The van der Waals surface area contributed by atoms with Crippen molar-refractivity contribution in [1.29, 1.82) is 0 Å². The first kappa shape index (κ1) is 17.2. The summed E-state index contributed by atoms with van der Waals surface area (Å²) >= 11 is 0. The minimum Gasteiger partial charge on any atom is -0.352 e. The molecule has 5 nitrogen and oxygen atoms in total. The summed E-state index contributed by atoms with van der Waals surface area (Å²) in [4.78, 5) is 0.331. The first-order chi connectivity index (χ1) is 9.15. The maximum absolute atomic E-state index is 12.2. The third kappa shape index (κ3) is 5.26. The summed E-state index contributed by atoms with van der Waals surface area (Å²) in [5.41, 5.74) is 0.891. The molecule has 0 aliphatic carbocycles. The van der Waals surface area contributed by atoms with Gasteiger partial charge in [-0.1, -0.05) is 27.7 Å². The van der Waals surface area contributed by atoms with E-state index in [9.17, 15) is 8.42 Å². The average molecular weight is 301 g/mol. The van der Waals surface area contributed by atoms with Gasteiger partial charge in [0.05, 0.1) is 4.90 Å². The second kappa shape index (κ2) is 6.74. The quantitative estimate of drug-likeness (QED) is 0.756. The van der Waals surface area contributed by atoms with Crippen LogP contribution in [0.3, 0.4) is 0 Å². The highest BCUT2D eigenvalue weighted by molar-refractivity contribution is 7.89. The van der Waals surface area contributed by atoms with Crippen molar-refractivity contribution in [3.8, 4) is 0 Å². The highest BCUT2D eigenvalue weighted by Crippen LogP contribution is 2.16. The van der Waals surface area contributed by atoms with E-state index < -0.39 is 10.0 Å². The molecule has 0 saturated carbocycles. The lowest BCUT2D eigenvalue weighted by Crippen LogP contribution is -2.32. The Kier molecular flexibility index (Phi) is 5.79. The number of aryl methyl sites for hydroxylation is 1. The SMILES string of the molecule is CCCNCc1cc(S(=O)(=O)NCC(C)(C)C)cn1C. The van der Waals surface area contributed by atoms with E-state index in [1.807, 2.05) is 32.4 Å². The van der Waals surface area contributed by atoms with E-state index in [4.69, 9.17) is 0 Å². The van der Waals surface area contributed by atoms with Gasteiger partial charge in [0.15, 0.2) is 0 Å². The fourth-order valence-corrected chi connectivity index (χ4v) is 3.07. The normalized spacial score (nSPS) is 12.8. The number of nitrogens with zero attached hydrogens (tertiary/aromatic N) is 1. The Hall–Kier alpha value is -0.850. The summed E-state index contributed by atoms with van der Waals surface area (Å²) in [5, 5.41) is 3.28. The van der Waals surface area contributed by atoms with Gasteiger partial charge < -0.3 is 9.88 Å². The molecule has 0 atom stereocenters. The Morgan fingerprint density at radius 2 is 1.95 bits per heavy atom. The van der Waals surface area contributed by atoms with E-state index in [0.717, 1.165) is 18.7 Å². The van der Waals surface area contributed by atoms with Crippen molar-refractivity contribution in [2.24, 2.45) is 12.5 Å². The molecule has 20 heavy (non-hydrogen) atoms. The smallest absolute Gasteiger partial charge is 0.242 e. The van der Waals surface area contributed by atoms with Gasteiger partial charge in [-0.2, -0.15) is 0 Å². The largest absolute Gasteiger partial charge is 0.352 e. The van der Waals surface area contributed by atoms with Crippen LogP contribution in [-0.2, 0) is 23.6 Å². The second-order valence-electron chi connectivity index (χ2n) is 6.34. The van der Waals surface area contributed by atoms with Crippen molar-refractivity contribution in [2.45, 2.75) is 45.6 Å². The van der Waals surface area contributed by atoms with Crippen molar-refractivity contribution >= 4 is 10.0 Å². The number of hydrogen-bond donors (Lipinski definition) is 2. The number of rotatable bonds is 7. The van der Waals surface area contributed by atoms with E-state index in [2.05, 4.69) is 17.0 Å². The third-order valence-corrected chi connectivity index (χ3v) is 4.29. The predicted octanol–water partition coefficient (Wildman–Crippen LogP) is 1.85. The Balaban J connectivity index is 2.78. The lowest BCUT2D eigenvalue weighted by atomic mass is 9.98. The molecular weight excluding hydrogens is 274 g/mol. The molecule has 0 radical (unpaired) electrons. The van der Waals surface area contributed by atoms with E-state index in [0.29, 0.717) is 18.0 Å². The van der Waals surface area contributed by atoms with E-state index >= 15 is 0 Å². The molecule has 0 aliphatic rings. The first-order valence-electron chi connectivity index (χ1n) is 7.01. The van der Waals surface area contributed by atoms with Gasteiger partial charge in [0.2, 0.25) is 10.0 Å². The van der Waals surface area contributed by atoms with E-state index in [1.54, 1.807) is 12.3 Å². The summed E-state index contributed by atoms with van der Waals surface area (Å²) in [7, 11) is -1.56. The van der Waals surface area contributed by atoms with Gasteiger partial charge in [0.25, 0.3) is 0 Å². The van der Waals surface area contributed by atoms with Crippen LogP contribution in [-0.4, -0.2) is 26.1 Å². The zero-order chi connectivity index (χ0) is 15.4. The molecule has 6 heteroatoms. The molecule has 1 aromatic heterocycles. The monoisotopic (exact) mass is 301 g/mol. The summed E-state index contributed by atoms with van der Waals surface area (Å²) in [6.45, 7) is 10.1. The molecule has 0 aliphatic heterocycles. The van der Waals surface area contributed by atoms with Gasteiger partial charge in [-0.15, -0.1) is 0 Å². The van der Waals surface area contributed by atoms with Crippen LogP contribution in [0, 0.1) is 5.41 Å². The topological polar surface area (TPSA) is 63.1 Å². The minimum atomic E-state index is -3.42. The zero-order valence-electron chi connectivity index (χ0n) is 13.2. The van der Waals surface area contributed by atoms with Crippen molar-refractivity contribution in [2.75, 3.05) is 13.1 Å². The molecule has 0 bridgehead atoms. The molecule has 1 rings (SSSR count). The van der Waals surface area contributed by atoms with Crippen LogP contribution in [0.2, 0.25) is 0 Å². The zero-order valence-corrected chi connectivity index (χ0v) is 14.0. The Labute approximate surface area is 122 Å². The molecular formula is C14H27N3O2S. The van der Waals surface area contributed by atoms with Crippen molar-refractivity contribution < 1.29 is 8.42 Å². The number of nitrogens with one attached hydrogen (secondary N) is 2. The standard InChI is InChI=1S/C14H27N3O2S/c1-6-7-15-9-12-8-13(10-17(12)5)20(18,19)16-11-14(2,3)4/h8,10,15-16H,6-7,9,11H2,1-5H3. The van der Waals surface area contributed by atoms with Gasteiger partial charge in [0.1, 0.15) is 0 Å². The van der Waals surface area contributed by atoms with Gasteiger partial charge in [0, 0.05) is 32.0 Å². The van der Waals surface area contributed by atoms with Crippen LogP contribution >= 0.6 is 0 Å². The lowest BCUT2D eigenvalue weighted by Gasteiger charge is -2.18. The van der Waals surface area contributed by atoms with E-state index in [-0.39, 0.29) is 5.41 Å². The van der Waals surface area contributed by atoms with Gasteiger partial charge in [-0.25, -0.2) is 13.1 Å². The summed E-state index contributed by atoms with van der Waals surface area (Å²) in [6, 6.07) is 1.73. The summed E-state index contributed by atoms with van der Waals surface area (Å²) < 4.78 is 29.0. The fraction of sp³-hybridized carbons (Fsp3) is 0.714. The van der Waals surface area contributed by atoms with Crippen LogP contribution in [0.15, 0.2) is 17.2 Å². The molecule has 0 unspecified atom stereocenters. The molecule has 2 N–H and O–H groups in total. The maximum Gasteiger partial charge on any atom is 0.242 e. The molecule has 1 aromatic rings. The minimum absolute atomic E-state index is 0.0760. The highest BCUT2D eigenvalue weighted by Gasteiger charge is 2.20. The Morgan fingerprint density at radius 3 is 2.50 bits per heavy atom. The Bertz CT molecular complexity index is 527. The number of sulfonamides is 1. The third-order valence-electron chi connectivity index (χ3n) is 2.92. The van der Waals surface area contributed by atoms with Crippen LogP contribution in [0.4, 0.5) is 0 Å². The van der Waals surface area contributed by atoms with Crippen LogP contribution in [0.1, 0.15) is 39.8 Å². The lowest BCUT2D eigenvalue weighted by molar-refractivity contribution is 0.407. The van der Waals surface area contributed by atoms with Gasteiger partial charge in [-0.3, -0.25) is 0 Å². The van der Waals surface area contributed by atoms with Gasteiger partial charge >= 0.3 is 0 Å². The Morgan fingerprint density at radius 1 is 1.30 bits per heavy atom. The average Bonchev–Trinajstić information content (AvgIpc) is 2.69. The van der Waals surface area contributed by atoms with Crippen molar-refractivity contribution in [3.63, 3.8) is 0 Å². The molecule has 0 saturated heterocycles. The molecule has 0 spiro atoms. The number of hydrogen-bond acceptors (Lipinski definition) is 3. The summed E-state index contributed by atoms with van der Waals surface area (Å²) in [6.07, 6.45) is 2.72. The molecule has 0 amide bonds. The molecule has 116 valence electrons. The van der Waals surface area contributed by atoms with Gasteiger partial charge in [-0.05, 0) is 24.4 Å². The second-order valence-corrected chi connectivity index (χ2v) is 8.11. The van der Waals surface area contributed by atoms with Crippen LogP contribution in [0.5, 0.6) is 0 Å². The van der Waals surface area contributed by atoms with Crippen molar-refractivity contribution in [1.82, 2.24) is 14.6 Å². The summed E-state index contributed by atoms with van der Waals surface area (Å²) in [5.74, 6) is 0. The predicted molar refractivity (Wildman–Crippen MR) is 82.1 cm³/mol. The van der Waals surface area contributed by atoms with Crippen LogP contribution in [0.25, 0.3) is 0 Å². The highest BCUT2D eigenvalue weighted by atomic mass is 32.2. The number of aromatic nitrogens is 1. The van der Waals surface area contributed by atoms with E-state index in [1.165, 1.54) is 0 Å². The van der Waals surface area contributed by atoms with Crippen molar-refractivity contribution in [3.05, 3.63) is 18.0 Å².